The Bertz CT molecular complexity index is 765. The molecule has 3 aliphatic rings. The van der Waals surface area contributed by atoms with E-state index < -0.39 is 11.3 Å². The summed E-state index contributed by atoms with van der Waals surface area (Å²) in [6.45, 7) is 7.21. The molecule has 2 saturated heterocycles. The highest BCUT2D eigenvalue weighted by atomic mass is 16.6. The number of anilines is 1. The van der Waals surface area contributed by atoms with E-state index in [9.17, 15) is 9.59 Å². The minimum atomic E-state index is -0.584. The van der Waals surface area contributed by atoms with Crippen molar-refractivity contribution < 1.29 is 19.1 Å². The number of nitrogens with zero attached hydrogens (tertiary/aromatic N) is 1. The summed E-state index contributed by atoms with van der Waals surface area (Å²) in [6.07, 6.45) is 1.87. The molecule has 0 saturated carbocycles. The standard InChI is InChI=1S/C20H27N3O4/c1-18(2,3)27-17(25)23-10-8-19(9-11-23)12-20(13-26-19)21-15-7-5-4-6-14(15)16(24)22-20/h4-7,21H,8-13H2,1-3H3,(H,22,24)/t20-/m1/s1. The average Bonchev–Trinajstić information content (AvgIpc) is 2.91. The van der Waals surface area contributed by atoms with Gasteiger partial charge in [-0.1, -0.05) is 12.1 Å². The van der Waals surface area contributed by atoms with Crippen LogP contribution in [0, 0.1) is 0 Å². The third-order valence-electron chi connectivity index (χ3n) is 5.47. The number of para-hydroxylation sites is 1. The number of ether oxygens (including phenoxy) is 2. The third kappa shape index (κ3) is 3.48. The Morgan fingerprint density at radius 2 is 1.89 bits per heavy atom. The van der Waals surface area contributed by atoms with Gasteiger partial charge < -0.3 is 25.0 Å². The van der Waals surface area contributed by atoms with Crippen LogP contribution in [0.4, 0.5) is 10.5 Å². The monoisotopic (exact) mass is 373 g/mol. The predicted molar refractivity (Wildman–Crippen MR) is 101 cm³/mol. The second-order valence-electron chi connectivity index (χ2n) is 8.82. The van der Waals surface area contributed by atoms with Crippen molar-refractivity contribution in [2.75, 3.05) is 25.0 Å². The summed E-state index contributed by atoms with van der Waals surface area (Å²) >= 11 is 0. The Morgan fingerprint density at radius 3 is 2.59 bits per heavy atom. The Balaban J connectivity index is 1.42. The van der Waals surface area contributed by atoms with E-state index in [-0.39, 0.29) is 17.6 Å². The van der Waals surface area contributed by atoms with Gasteiger partial charge in [-0.25, -0.2) is 4.79 Å². The number of hydrogen-bond acceptors (Lipinski definition) is 5. The van der Waals surface area contributed by atoms with Gasteiger partial charge in [0.05, 0.1) is 17.8 Å². The fourth-order valence-electron chi connectivity index (χ4n) is 4.20. The summed E-state index contributed by atoms with van der Waals surface area (Å²) in [5, 5.41) is 6.58. The maximum absolute atomic E-state index is 12.5. The number of likely N-dealkylation sites (tertiary alicyclic amines) is 1. The molecule has 2 amide bonds. The molecule has 0 bridgehead atoms. The SMILES string of the molecule is CC(C)(C)OC(=O)N1CCC2(CC1)C[C@]1(CO2)NC(=O)c2ccccc2N1. The van der Waals surface area contributed by atoms with Gasteiger partial charge in [0.2, 0.25) is 0 Å². The maximum Gasteiger partial charge on any atom is 0.410 e. The smallest absolute Gasteiger partial charge is 0.410 e. The molecule has 2 fully saturated rings. The molecule has 7 nitrogen and oxygen atoms in total. The molecular formula is C20H27N3O4. The highest BCUT2D eigenvalue weighted by Crippen LogP contribution is 2.43. The minimum Gasteiger partial charge on any atom is -0.444 e. The lowest BCUT2D eigenvalue weighted by Crippen LogP contribution is -2.59. The van der Waals surface area contributed by atoms with Gasteiger partial charge in [-0.3, -0.25) is 4.79 Å². The van der Waals surface area contributed by atoms with E-state index in [0.717, 1.165) is 18.5 Å². The lowest BCUT2D eigenvalue weighted by atomic mass is 9.84. The van der Waals surface area contributed by atoms with E-state index in [4.69, 9.17) is 9.47 Å². The largest absolute Gasteiger partial charge is 0.444 e. The number of carbonyl (C=O) groups excluding carboxylic acids is 2. The van der Waals surface area contributed by atoms with Crippen LogP contribution in [0.15, 0.2) is 24.3 Å². The summed E-state index contributed by atoms with van der Waals surface area (Å²) in [5.41, 5.74) is 0.0888. The number of rotatable bonds is 0. The molecule has 2 N–H and O–H groups in total. The van der Waals surface area contributed by atoms with Crippen LogP contribution in [-0.4, -0.2) is 53.5 Å². The molecule has 1 aromatic carbocycles. The van der Waals surface area contributed by atoms with Crippen LogP contribution in [0.25, 0.3) is 0 Å². The van der Waals surface area contributed by atoms with Crippen molar-refractivity contribution in [1.82, 2.24) is 10.2 Å². The van der Waals surface area contributed by atoms with Crippen molar-refractivity contribution in [1.29, 1.82) is 0 Å². The van der Waals surface area contributed by atoms with Crippen LogP contribution >= 0.6 is 0 Å². The number of fused-ring (bicyclic) bond motifs is 1. The van der Waals surface area contributed by atoms with Gasteiger partial charge in [0, 0.05) is 25.2 Å². The molecule has 0 aliphatic carbocycles. The summed E-state index contributed by atoms with van der Waals surface area (Å²) < 4.78 is 11.7. The molecule has 146 valence electrons. The van der Waals surface area contributed by atoms with Gasteiger partial charge in [0.15, 0.2) is 0 Å². The summed E-state index contributed by atoms with van der Waals surface area (Å²) in [4.78, 5) is 26.5. The molecule has 27 heavy (non-hydrogen) atoms. The first-order valence-electron chi connectivity index (χ1n) is 9.51. The summed E-state index contributed by atoms with van der Waals surface area (Å²) in [6, 6.07) is 7.52. The van der Waals surface area contributed by atoms with Crippen molar-refractivity contribution in [2.45, 2.75) is 56.9 Å². The minimum absolute atomic E-state index is 0.0730. The van der Waals surface area contributed by atoms with Gasteiger partial charge in [0.25, 0.3) is 5.91 Å². The molecule has 1 atom stereocenters. The van der Waals surface area contributed by atoms with Gasteiger partial charge in [0.1, 0.15) is 11.3 Å². The van der Waals surface area contributed by atoms with Crippen LogP contribution < -0.4 is 10.6 Å². The second kappa shape index (κ2) is 6.12. The van der Waals surface area contributed by atoms with Gasteiger partial charge in [-0.05, 0) is 45.7 Å². The molecule has 0 radical (unpaired) electrons. The molecule has 0 unspecified atom stereocenters. The van der Waals surface area contributed by atoms with E-state index in [1.165, 1.54) is 0 Å². The van der Waals surface area contributed by atoms with Gasteiger partial charge >= 0.3 is 6.09 Å². The van der Waals surface area contributed by atoms with Crippen molar-refractivity contribution in [3.63, 3.8) is 0 Å². The number of hydrogen-bond donors (Lipinski definition) is 2. The fourth-order valence-corrected chi connectivity index (χ4v) is 4.20. The number of piperidine rings is 1. The predicted octanol–water partition coefficient (Wildman–Crippen LogP) is 2.73. The number of benzene rings is 1. The number of nitrogens with one attached hydrogen (secondary N) is 2. The second-order valence-corrected chi connectivity index (χ2v) is 8.82. The topological polar surface area (TPSA) is 79.9 Å². The van der Waals surface area contributed by atoms with Crippen molar-refractivity contribution in [2.24, 2.45) is 0 Å². The van der Waals surface area contributed by atoms with Crippen LogP contribution in [0.3, 0.4) is 0 Å². The molecule has 3 heterocycles. The number of carbonyl (C=O) groups is 2. The molecule has 2 spiro atoms. The first kappa shape index (κ1) is 18.1. The van der Waals surface area contributed by atoms with E-state index in [1.54, 1.807) is 4.90 Å². The zero-order chi connectivity index (χ0) is 19.3. The van der Waals surface area contributed by atoms with Crippen LogP contribution in [0.2, 0.25) is 0 Å². The Hall–Kier alpha value is -2.28. The lowest BCUT2D eigenvalue weighted by Gasteiger charge is -2.41. The lowest BCUT2D eigenvalue weighted by molar-refractivity contribution is -0.0488. The maximum atomic E-state index is 12.5. The van der Waals surface area contributed by atoms with Gasteiger partial charge in [-0.15, -0.1) is 0 Å². The molecule has 1 aromatic rings. The van der Waals surface area contributed by atoms with Crippen molar-refractivity contribution >= 4 is 17.7 Å². The van der Waals surface area contributed by atoms with Crippen LogP contribution in [0.5, 0.6) is 0 Å². The summed E-state index contributed by atoms with van der Waals surface area (Å²) in [7, 11) is 0. The van der Waals surface area contributed by atoms with E-state index >= 15 is 0 Å². The Kier molecular flexibility index (Phi) is 4.10. The van der Waals surface area contributed by atoms with Crippen LogP contribution in [-0.2, 0) is 9.47 Å². The average molecular weight is 373 g/mol. The quantitative estimate of drug-likeness (QED) is 0.731. The first-order valence-corrected chi connectivity index (χ1v) is 9.51. The Labute approximate surface area is 159 Å². The molecule has 4 rings (SSSR count). The summed E-state index contributed by atoms with van der Waals surface area (Å²) in [5.74, 6) is -0.0730. The van der Waals surface area contributed by atoms with Crippen molar-refractivity contribution in [3.8, 4) is 0 Å². The first-order chi connectivity index (χ1) is 12.7. The van der Waals surface area contributed by atoms with E-state index in [1.807, 2.05) is 45.0 Å². The van der Waals surface area contributed by atoms with Crippen molar-refractivity contribution in [3.05, 3.63) is 29.8 Å². The molecule has 0 aromatic heterocycles. The molecular weight excluding hydrogens is 346 g/mol. The van der Waals surface area contributed by atoms with E-state index in [0.29, 0.717) is 31.7 Å². The third-order valence-corrected chi connectivity index (χ3v) is 5.47. The normalized spacial score (nSPS) is 26.5. The fraction of sp³-hybridized carbons (Fsp3) is 0.600. The van der Waals surface area contributed by atoms with E-state index in [2.05, 4.69) is 10.6 Å². The Morgan fingerprint density at radius 1 is 1.19 bits per heavy atom. The number of amides is 2. The highest BCUT2D eigenvalue weighted by Gasteiger charge is 2.53. The zero-order valence-corrected chi connectivity index (χ0v) is 16.1. The zero-order valence-electron chi connectivity index (χ0n) is 16.1. The highest BCUT2D eigenvalue weighted by molar-refractivity contribution is 6.02. The molecule has 7 heteroatoms. The van der Waals surface area contributed by atoms with Gasteiger partial charge in [-0.2, -0.15) is 0 Å². The van der Waals surface area contributed by atoms with Crippen LogP contribution in [0.1, 0.15) is 50.4 Å². The molecule has 3 aliphatic heterocycles.